The van der Waals surface area contributed by atoms with E-state index in [0.29, 0.717) is 41.8 Å². The minimum absolute atomic E-state index is 0.0302. The molecule has 0 saturated carbocycles. The Morgan fingerprint density at radius 3 is 2.61 bits per heavy atom. The van der Waals surface area contributed by atoms with Crippen molar-refractivity contribution in [3.05, 3.63) is 42.5 Å². The zero-order valence-electron chi connectivity index (χ0n) is 14.6. The van der Waals surface area contributed by atoms with Gasteiger partial charge in [-0.3, -0.25) is 10.1 Å². The van der Waals surface area contributed by atoms with Crippen molar-refractivity contribution >= 4 is 11.9 Å². The van der Waals surface area contributed by atoms with Gasteiger partial charge >= 0.3 is 6.01 Å². The molecule has 28 heavy (non-hydrogen) atoms. The van der Waals surface area contributed by atoms with Crippen LogP contribution in [0.1, 0.15) is 0 Å². The summed E-state index contributed by atoms with van der Waals surface area (Å²) in [7, 11) is 0. The molecule has 9 heteroatoms. The van der Waals surface area contributed by atoms with Crippen molar-refractivity contribution in [2.24, 2.45) is 0 Å². The summed E-state index contributed by atoms with van der Waals surface area (Å²) in [5.41, 5.74) is 0.656. The molecule has 2 aromatic carbocycles. The van der Waals surface area contributed by atoms with Gasteiger partial charge in [0.1, 0.15) is 19.8 Å². The second-order valence-electron chi connectivity index (χ2n) is 6.12. The number of aromatic nitrogens is 2. The van der Waals surface area contributed by atoms with Crippen LogP contribution in [0.25, 0.3) is 11.5 Å². The van der Waals surface area contributed by atoms with E-state index in [2.05, 4.69) is 15.5 Å². The molecule has 1 amide bonds. The number of para-hydroxylation sites is 2. The van der Waals surface area contributed by atoms with E-state index in [1.54, 1.807) is 36.4 Å². The molecule has 2 aliphatic heterocycles. The zero-order valence-corrected chi connectivity index (χ0v) is 14.6. The number of ether oxygens (including phenoxy) is 4. The number of anilines is 1. The average Bonchev–Trinajstić information content (AvgIpc) is 3.21. The maximum absolute atomic E-state index is 12.4. The maximum atomic E-state index is 12.4. The van der Waals surface area contributed by atoms with E-state index >= 15 is 0 Å². The normalized spacial score (nSPS) is 17.1. The third kappa shape index (κ3) is 3.07. The topological polar surface area (TPSA) is 105 Å². The monoisotopic (exact) mass is 381 g/mol. The molecule has 142 valence electrons. The molecule has 3 aromatic rings. The molecule has 1 atom stereocenters. The first-order valence-electron chi connectivity index (χ1n) is 8.69. The first-order chi connectivity index (χ1) is 13.8. The van der Waals surface area contributed by atoms with Crippen LogP contribution in [0, 0.1) is 0 Å². The van der Waals surface area contributed by atoms with Gasteiger partial charge in [-0.2, -0.15) is 0 Å². The van der Waals surface area contributed by atoms with Crippen molar-refractivity contribution in [2.75, 3.05) is 25.1 Å². The Kier molecular flexibility index (Phi) is 3.97. The lowest BCUT2D eigenvalue weighted by Gasteiger charge is -2.24. The van der Waals surface area contributed by atoms with E-state index in [1.165, 1.54) is 0 Å². The highest BCUT2D eigenvalue weighted by Crippen LogP contribution is 2.34. The molecule has 3 heterocycles. The van der Waals surface area contributed by atoms with Gasteiger partial charge in [0.15, 0.2) is 23.0 Å². The van der Waals surface area contributed by atoms with Crippen LogP contribution < -0.4 is 24.3 Å². The number of benzene rings is 2. The molecule has 0 spiro atoms. The van der Waals surface area contributed by atoms with Crippen molar-refractivity contribution in [3.63, 3.8) is 0 Å². The molecule has 0 aliphatic carbocycles. The number of hydrogen-bond acceptors (Lipinski definition) is 8. The maximum Gasteiger partial charge on any atom is 0.322 e. The average molecular weight is 381 g/mol. The third-order valence-electron chi connectivity index (χ3n) is 4.25. The number of carbonyl (C=O) groups is 1. The molecule has 9 nitrogen and oxygen atoms in total. The van der Waals surface area contributed by atoms with Crippen LogP contribution in [0.4, 0.5) is 6.01 Å². The van der Waals surface area contributed by atoms with Gasteiger partial charge < -0.3 is 23.4 Å². The first-order valence-corrected chi connectivity index (χ1v) is 8.69. The highest BCUT2D eigenvalue weighted by atomic mass is 16.6. The highest BCUT2D eigenvalue weighted by molar-refractivity contribution is 5.93. The summed E-state index contributed by atoms with van der Waals surface area (Å²) < 4.78 is 27.8. The van der Waals surface area contributed by atoms with E-state index < -0.39 is 12.0 Å². The lowest BCUT2D eigenvalue weighted by atomic mass is 10.2. The molecule has 5 rings (SSSR count). The van der Waals surface area contributed by atoms with Gasteiger partial charge in [0.2, 0.25) is 12.0 Å². The molecule has 1 aromatic heterocycles. The van der Waals surface area contributed by atoms with Crippen LogP contribution in [-0.2, 0) is 4.79 Å². The molecule has 0 saturated heterocycles. The summed E-state index contributed by atoms with van der Waals surface area (Å²) in [6, 6.07) is 12.4. The van der Waals surface area contributed by atoms with Crippen molar-refractivity contribution in [2.45, 2.75) is 6.10 Å². The van der Waals surface area contributed by atoms with Crippen LogP contribution in [0.3, 0.4) is 0 Å². The van der Waals surface area contributed by atoms with E-state index in [1.807, 2.05) is 6.07 Å². The summed E-state index contributed by atoms with van der Waals surface area (Å²) in [4.78, 5) is 12.4. The van der Waals surface area contributed by atoms with Crippen LogP contribution in [0.15, 0.2) is 46.9 Å². The molecular weight excluding hydrogens is 366 g/mol. The van der Waals surface area contributed by atoms with Crippen molar-refractivity contribution in [1.82, 2.24) is 10.2 Å². The van der Waals surface area contributed by atoms with Crippen LogP contribution in [-0.4, -0.2) is 42.0 Å². The molecule has 0 fully saturated rings. The second-order valence-corrected chi connectivity index (χ2v) is 6.12. The fourth-order valence-electron chi connectivity index (χ4n) is 2.90. The molecule has 2 aliphatic rings. The van der Waals surface area contributed by atoms with Crippen LogP contribution in [0.2, 0.25) is 0 Å². The van der Waals surface area contributed by atoms with Crippen molar-refractivity contribution in [3.8, 4) is 34.5 Å². The summed E-state index contributed by atoms with van der Waals surface area (Å²) in [5.74, 6) is 2.20. The number of nitrogens with zero attached hydrogens (tertiary/aromatic N) is 2. The van der Waals surface area contributed by atoms with Gasteiger partial charge in [-0.25, -0.2) is 0 Å². The lowest BCUT2D eigenvalue weighted by Crippen LogP contribution is -2.40. The Morgan fingerprint density at radius 2 is 1.71 bits per heavy atom. The smallest absolute Gasteiger partial charge is 0.322 e. The number of hydrogen-bond donors (Lipinski definition) is 1. The number of carbonyl (C=O) groups excluding carboxylic acids is 1. The Hall–Kier alpha value is -3.75. The Labute approximate surface area is 159 Å². The minimum Gasteiger partial charge on any atom is -0.486 e. The van der Waals surface area contributed by atoms with Gasteiger partial charge in [-0.05, 0) is 30.3 Å². The van der Waals surface area contributed by atoms with E-state index in [9.17, 15) is 4.79 Å². The molecule has 0 radical (unpaired) electrons. The van der Waals surface area contributed by atoms with Gasteiger partial charge in [0.25, 0.3) is 5.91 Å². The lowest BCUT2D eigenvalue weighted by molar-refractivity contribution is -0.125. The quantitative estimate of drug-likeness (QED) is 0.737. The second kappa shape index (κ2) is 6.76. The van der Waals surface area contributed by atoms with Gasteiger partial charge in [0, 0.05) is 5.56 Å². The Balaban J connectivity index is 1.29. The number of amides is 1. The number of nitrogens with one attached hydrogen (secondary N) is 1. The number of fused-ring (bicyclic) bond motifs is 2. The summed E-state index contributed by atoms with van der Waals surface area (Å²) in [6.07, 6.45) is -0.820. The molecular formula is C19H15N3O6. The summed E-state index contributed by atoms with van der Waals surface area (Å²) in [6.45, 7) is 1.08. The van der Waals surface area contributed by atoms with E-state index in [4.69, 9.17) is 23.4 Å². The first kappa shape index (κ1) is 16.4. The van der Waals surface area contributed by atoms with Crippen molar-refractivity contribution in [1.29, 1.82) is 0 Å². The third-order valence-corrected chi connectivity index (χ3v) is 4.25. The van der Waals surface area contributed by atoms with Crippen LogP contribution >= 0.6 is 0 Å². The predicted octanol–water partition coefficient (Wildman–Crippen LogP) is 2.29. The minimum atomic E-state index is -0.820. The molecule has 1 N–H and O–H groups in total. The van der Waals surface area contributed by atoms with Gasteiger partial charge in [-0.1, -0.05) is 17.2 Å². The highest BCUT2D eigenvalue weighted by Gasteiger charge is 2.28. The van der Waals surface area contributed by atoms with Gasteiger partial charge in [0.05, 0.1) is 0 Å². The van der Waals surface area contributed by atoms with Crippen LogP contribution in [0.5, 0.6) is 23.0 Å². The van der Waals surface area contributed by atoms with Crippen molar-refractivity contribution < 1.29 is 28.2 Å². The van der Waals surface area contributed by atoms with Gasteiger partial charge in [-0.15, -0.1) is 5.10 Å². The number of rotatable bonds is 3. The van der Waals surface area contributed by atoms with E-state index in [-0.39, 0.29) is 18.5 Å². The predicted molar refractivity (Wildman–Crippen MR) is 95.7 cm³/mol. The molecule has 0 unspecified atom stereocenters. The standard InChI is InChI=1S/C19H15N3O6/c23-17(16-10-26-12-3-1-2-4-14(12)27-16)20-19-22-21-18(28-19)11-5-6-13-15(9-11)25-8-7-24-13/h1-6,9,16H,7-8,10H2,(H,20,22,23)/t16-/m1/s1. The zero-order chi connectivity index (χ0) is 18.9. The van der Waals surface area contributed by atoms with E-state index in [0.717, 1.165) is 0 Å². The summed E-state index contributed by atoms with van der Waals surface area (Å²) in [5, 5.41) is 10.4. The molecule has 0 bridgehead atoms. The fourth-order valence-corrected chi connectivity index (χ4v) is 2.90. The Bertz CT molecular complexity index is 1030. The summed E-state index contributed by atoms with van der Waals surface area (Å²) >= 11 is 0. The SMILES string of the molecule is O=C(Nc1nnc(-c2ccc3c(c2)OCCO3)o1)[C@H]1COc2ccccc2O1. The Morgan fingerprint density at radius 1 is 0.929 bits per heavy atom. The largest absolute Gasteiger partial charge is 0.486 e. The fraction of sp³-hybridized carbons (Fsp3) is 0.211.